The van der Waals surface area contributed by atoms with E-state index >= 15 is 0 Å². The third-order valence-electron chi connectivity index (χ3n) is 5.30. The zero-order valence-corrected chi connectivity index (χ0v) is 13.3. The van der Waals surface area contributed by atoms with Crippen LogP contribution < -0.4 is 5.73 Å². The summed E-state index contributed by atoms with van der Waals surface area (Å²) in [5.74, 6) is 0. The van der Waals surface area contributed by atoms with Crippen molar-refractivity contribution in [2.75, 3.05) is 5.73 Å². The van der Waals surface area contributed by atoms with Crippen LogP contribution >= 0.6 is 0 Å². The number of rotatable bonds is 0. The molecule has 2 nitrogen and oxygen atoms in total. The minimum absolute atomic E-state index is 0.00791. The molecule has 0 spiro atoms. The van der Waals surface area contributed by atoms with Crippen molar-refractivity contribution in [1.29, 1.82) is 0 Å². The number of nitrogens with two attached hydrogens (primary N) is 1. The molecule has 5 rings (SSSR count). The molecule has 0 saturated heterocycles. The lowest BCUT2D eigenvalue weighted by Gasteiger charge is -2.34. The van der Waals surface area contributed by atoms with E-state index in [1.54, 1.807) is 0 Å². The maximum Gasteiger partial charge on any atom is 0.0582 e. The molecule has 1 aliphatic rings. The van der Waals surface area contributed by atoms with Gasteiger partial charge in [0, 0.05) is 21.9 Å². The van der Waals surface area contributed by atoms with Gasteiger partial charge in [0.25, 0.3) is 0 Å². The van der Waals surface area contributed by atoms with Gasteiger partial charge in [-0.2, -0.15) is 0 Å². The first-order valence-corrected chi connectivity index (χ1v) is 8.02. The van der Waals surface area contributed by atoms with Gasteiger partial charge >= 0.3 is 0 Å². The summed E-state index contributed by atoms with van der Waals surface area (Å²) in [5, 5.41) is 2.57. The van der Waals surface area contributed by atoms with Crippen molar-refractivity contribution < 1.29 is 0 Å². The minimum atomic E-state index is -0.00791. The van der Waals surface area contributed by atoms with Crippen molar-refractivity contribution in [3.8, 4) is 5.69 Å². The molecule has 3 aromatic carbocycles. The Labute approximate surface area is 135 Å². The predicted octanol–water partition coefficient (Wildman–Crippen LogP) is 5.01. The van der Waals surface area contributed by atoms with Crippen molar-refractivity contribution in [2.24, 2.45) is 0 Å². The van der Waals surface area contributed by atoms with Crippen molar-refractivity contribution in [3.63, 3.8) is 0 Å². The number of nitrogens with zero attached hydrogens (tertiary/aromatic N) is 1. The molecular weight excluding hydrogens is 280 g/mol. The predicted molar refractivity (Wildman–Crippen MR) is 97.3 cm³/mol. The fourth-order valence-electron chi connectivity index (χ4n) is 4.18. The van der Waals surface area contributed by atoms with Crippen LogP contribution in [-0.4, -0.2) is 4.57 Å². The first-order valence-electron chi connectivity index (χ1n) is 8.02. The summed E-state index contributed by atoms with van der Waals surface area (Å²) < 4.78 is 2.39. The maximum absolute atomic E-state index is 6.09. The highest BCUT2D eigenvalue weighted by molar-refractivity contribution is 6.12. The average Bonchev–Trinajstić information content (AvgIpc) is 2.87. The molecule has 2 N–H and O–H groups in total. The van der Waals surface area contributed by atoms with Gasteiger partial charge in [-0.1, -0.05) is 56.3 Å². The first-order chi connectivity index (χ1) is 11.1. The Morgan fingerprint density at radius 1 is 0.826 bits per heavy atom. The molecule has 0 bridgehead atoms. The van der Waals surface area contributed by atoms with Gasteiger partial charge in [0.05, 0.1) is 16.7 Å². The van der Waals surface area contributed by atoms with E-state index in [1.165, 1.54) is 38.6 Å². The largest absolute Gasteiger partial charge is 0.399 e. The van der Waals surface area contributed by atoms with E-state index in [1.807, 2.05) is 6.07 Å². The van der Waals surface area contributed by atoms with E-state index in [-0.39, 0.29) is 5.41 Å². The van der Waals surface area contributed by atoms with Gasteiger partial charge < -0.3 is 10.3 Å². The Balaban J connectivity index is 2.14. The highest BCUT2D eigenvalue weighted by Gasteiger charge is 2.34. The zero-order valence-electron chi connectivity index (χ0n) is 13.3. The fourth-order valence-corrected chi connectivity index (χ4v) is 4.18. The van der Waals surface area contributed by atoms with Crippen LogP contribution in [0.15, 0.2) is 60.7 Å². The smallest absolute Gasteiger partial charge is 0.0582 e. The van der Waals surface area contributed by atoms with Gasteiger partial charge in [-0.3, -0.25) is 0 Å². The van der Waals surface area contributed by atoms with Gasteiger partial charge in [-0.05, 0) is 29.3 Å². The van der Waals surface area contributed by atoms with Gasteiger partial charge in [-0.15, -0.1) is 0 Å². The van der Waals surface area contributed by atoms with Gasteiger partial charge in [0.2, 0.25) is 0 Å². The standard InChI is InChI=1S/C21H18N2/c1-21(2)16-7-3-4-9-18(16)23-19-12-13(22)10-11-14(19)15-6-5-8-17(21)20(15)23/h3-12H,22H2,1-2H3. The van der Waals surface area contributed by atoms with Crippen LogP contribution in [0, 0.1) is 0 Å². The number of fused-ring (bicyclic) bond motifs is 5. The quantitative estimate of drug-likeness (QED) is 0.455. The number of anilines is 1. The normalized spacial score (nSPS) is 15.0. The average molecular weight is 298 g/mol. The Morgan fingerprint density at radius 3 is 2.48 bits per heavy atom. The third kappa shape index (κ3) is 1.43. The highest BCUT2D eigenvalue weighted by atomic mass is 15.0. The fraction of sp³-hybridized carbons (Fsp3) is 0.143. The number of hydrogen-bond donors (Lipinski definition) is 1. The molecule has 0 atom stereocenters. The van der Waals surface area contributed by atoms with Crippen LogP contribution in [0.4, 0.5) is 5.69 Å². The van der Waals surface area contributed by atoms with Crippen molar-refractivity contribution in [1.82, 2.24) is 4.57 Å². The molecule has 1 aromatic heterocycles. The van der Waals surface area contributed by atoms with Crippen LogP contribution in [0.1, 0.15) is 25.0 Å². The molecule has 1 aliphatic heterocycles. The maximum atomic E-state index is 6.09. The summed E-state index contributed by atoms with van der Waals surface area (Å²) >= 11 is 0. The Kier molecular flexibility index (Phi) is 2.20. The highest BCUT2D eigenvalue weighted by Crippen LogP contribution is 2.47. The van der Waals surface area contributed by atoms with Crippen molar-refractivity contribution in [3.05, 3.63) is 71.8 Å². The molecule has 112 valence electrons. The van der Waals surface area contributed by atoms with E-state index < -0.39 is 0 Å². The molecule has 23 heavy (non-hydrogen) atoms. The van der Waals surface area contributed by atoms with Crippen LogP contribution in [-0.2, 0) is 5.41 Å². The monoisotopic (exact) mass is 298 g/mol. The molecule has 0 amide bonds. The lowest BCUT2D eigenvalue weighted by molar-refractivity contribution is 0.630. The second kappa shape index (κ2) is 3.96. The molecular formula is C21H18N2. The lowest BCUT2D eigenvalue weighted by Crippen LogP contribution is -2.26. The molecule has 0 unspecified atom stereocenters. The molecule has 2 heterocycles. The van der Waals surface area contributed by atoms with E-state index in [4.69, 9.17) is 5.73 Å². The van der Waals surface area contributed by atoms with E-state index in [0.29, 0.717) is 0 Å². The Hall–Kier alpha value is -2.74. The van der Waals surface area contributed by atoms with Gasteiger partial charge in [0.1, 0.15) is 0 Å². The number of para-hydroxylation sites is 2. The van der Waals surface area contributed by atoms with E-state index in [0.717, 1.165) is 5.69 Å². The van der Waals surface area contributed by atoms with Crippen LogP contribution in [0.25, 0.3) is 27.5 Å². The van der Waals surface area contributed by atoms with Gasteiger partial charge in [-0.25, -0.2) is 0 Å². The summed E-state index contributed by atoms with van der Waals surface area (Å²) in [5.41, 5.74) is 13.4. The molecule has 2 heteroatoms. The van der Waals surface area contributed by atoms with Crippen LogP contribution in [0.5, 0.6) is 0 Å². The number of nitrogen functional groups attached to an aromatic ring is 1. The van der Waals surface area contributed by atoms with E-state index in [2.05, 4.69) is 73.0 Å². The molecule has 0 saturated carbocycles. The molecule has 0 aliphatic carbocycles. The second-order valence-corrected chi connectivity index (χ2v) is 6.96. The summed E-state index contributed by atoms with van der Waals surface area (Å²) in [6.07, 6.45) is 0. The Bertz CT molecular complexity index is 1100. The Morgan fingerprint density at radius 2 is 1.61 bits per heavy atom. The first kappa shape index (κ1) is 12.8. The third-order valence-corrected chi connectivity index (χ3v) is 5.30. The van der Waals surface area contributed by atoms with Crippen molar-refractivity contribution >= 4 is 27.5 Å². The topological polar surface area (TPSA) is 30.9 Å². The van der Waals surface area contributed by atoms with Gasteiger partial charge in [0.15, 0.2) is 0 Å². The molecule has 0 fully saturated rings. The zero-order chi connectivity index (χ0) is 15.8. The summed E-state index contributed by atoms with van der Waals surface area (Å²) in [7, 11) is 0. The van der Waals surface area contributed by atoms with Crippen molar-refractivity contribution in [2.45, 2.75) is 19.3 Å². The summed E-state index contributed by atoms with van der Waals surface area (Å²) in [6.45, 7) is 4.63. The number of benzene rings is 3. The minimum Gasteiger partial charge on any atom is -0.399 e. The molecule has 0 radical (unpaired) electrons. The van der Waals surface area contributed by atoms with Crippen LogP contribution in [0.2, 0.25) is 0 Å². The number of aromatic nitrogens is 1. The number of hydrogen-bond acceptors (Lipinski definition) is 1. The van der Waals surface area contributed by atoms with Crippen LogP contribution in [0.3, 0.4) is 0 Å². The SMILES string of the molecule is CC1(C)c2ccccc2-n2c3cc(N)ccc3c3cccc1c32. The summed E-state index contributed by atoms with van der Waals surface area (Å²) in [4.78, 5) is 0. The lowest BCUT2D eigenvalue weighted by atomic mass is 9.75. The second-order valence-electron chi connectivity index (χ2n) is 6.96. The summed E-state index contributed by atoms with van der Waals surface area (Å²) in [6, 6.07) is 21.6. The van der Waals surface area contributed by atoms with E-state index in [9.17, 15) is 0 Å². The molecule has 4 aromatic rings.